The van der Waals surface area contributed by atoms with Gasteiger partial charge in [0.05, 0.1) is 26.4 Å². The Hall–Kier alpha value is -1.94. The maximum Gasteiger partial charge on any atom is 0.472 e. The second-order valence-electron chi connectivity index (χ2n) is 28.5. The fourth-order valence-electron chi connectivity index (χ4n) is 11.4. The number of carbonyl (C=O) groups excluding carboxylic acids is 4. The minimum Gasteiger partial charge on any atom is -0.462 e. The molecule has 0 bridgehead atoms. The quantitative estimate of drug-likeness (QED) is 0.0222. The van der Waals surface area contributed by atoms with Crippen LogP contribution in [0.1, 0.15) is 382 Å². The second kappa shape index (κ2) is 65.7. The maximum atomic E-state index is 13.1. The van der Waals surface area contributed by atoms with E-state index in [4.69, 9.17) is 37.0 Å². The molecule has 5 atom stereocenters. The molecule has 0 saturated carbocycles. The largest absolute Gasteiger partial charge is 0.472 e. The Kier molecular flexibility index (Phi) is 64.3. The molecule has 0 aromatic rings. The summed E-state index contributed by atoms with van der Waals surface area (Å²) < 4.78 is 68.5. The van der Waals surface area contributed by atoms with Crippen LogP contribution in [0.15, 0.2) is 0 Å². The van der Waals surface area contributed by atoms with Crippen molar-refractivity contribution < 1.29 is 80.2 Å². The molecule has 0 aliphatic carbocycles. The highest BCUT2D eigenvalue weighted by molar-refractivity contribution is 7.47. The standard InChI is InChI=1S/C75H146O17P2/c1-8-9-10-11-12-13-14-15-16-17-18-21-25-30-35-44-51-58-74(79)91-70(62-85-72(77)56-49-42-34-29-24-22-19-20-23-27-32-39-46-53-66(2)3)64-89-93(81,82)87-60-69(76)61-88-94(83,84)90-65-71(63-86-73(78)57-50-43-38-37-41-48-55-68(6)7)92-75(80)59-52-45-36-31-26-28-33-40-47-54-67(4)5/h66-71,76H,8-65H2,1-7H3,(H,81,82)(H,83,84)/t69-,70-,71-/m1/s1. The van der Waals surface area contributed by atoms with Crippen molar-refractivity contribution in [3.05, 3.63) is 0 Å². The van der Waals surface area contributed by atoms with Gasteiger partial charge < -0.3 is 33.8 Å². The Balaban J connectivity index is 5.23. The number of carbonyl (C=O) groups is 4. The van der Waals surface area contributed by atoms with Crippen molar-refractivity contribution in [1.29, 1.82) is 0 Å². The maximum absolute atomic E-state index is 13.1. The third-order valence-corrected chi connectivity index (χ3v) is 19.3. The number of hydrogen-bond acceptors (Lipinski definition) is 15. The first-order chi connectivity index (χ1) is 45.2. The van der Waals surface area contributed by atoms with Crippen molar-refractivity contribution in [2.75, 3.05) is 39.6 Å². The van der Waals surface area contributed by atoms with E-state index in [1.165, 1.54) is 186 Å². The Labute approximate surface area is 575 Å². The number of rotatable bonds is 73. The highest BCUT2D eigenvalue weighted by Crippen LogP contribution is 2.45. The SMILES string of the molecule is CCCCCCCCCCCCCCCCCCCC(=O)O[C@H](COC(=O)CCCCCCCCCCCCCCCC(C)C)COP(=O)(O)OC[C@@H](O)COP(=O)(O)OC[C@@H](COC(=O)CCCCCCCCC(C)C)OC(=O)CCCCCCCCCCCC(C)C. The van der Waals surface area contributed by atoms with E-state index in [1.807, 2.05) is 0 Å². The molecule has 2 unspecified atom stereocenters. The van der Waals surface area contributed by atoms with E-state index in [9.17, 15) is 43.2 Å². The zero-order valence-corrected chi connectivity index (χ0v) is 63.2. The third-order valence-electron chi connectivity index (χ3n) is 17.4. The van der Waals surface area contributed by atoms with Crippen LogP contribution < -0.4 is 0 Å². The van der Waals surface area contributed by atoms with Crippen LogP contribution in [0.25, 0.3) is 0 Å². The number of phosphoric ester groups is 2. The van der Waals surface area contributed by atoms with Crippen molar-refractivity contribution in [3.8, 4) is 0 Å². The van der Waals surface area contributed by atoms with Crippen LogP contribution in [0.3, 0.4) is 0 Å². The Morgan fingerprint density at radius 2 is 0.489 bits per heavy atom. The molecule has 0 rings (SSSR count). The highest BCUT2D eigenvalue weighted by Gasteiger charge is 2.30. The van der Waals surface area contributed by atoms with Crippen molar-refractivity contribution >= 4 is 39.5 Å². The summed E-state index contributed by atoms with van der Waals surface area (Å²) in [6, 6.07) is 0. The minimum atomic E-state index is -4.96. The number of ether oxygens (including phenoxy) is 4. The molecule has 0 fully saturated rings. The summed E-state index contributed by atoms with van der Waals surface area (Å²) in [4.78, 5) is 72.7. The molecule has 0 spiro atoms. The van der Waals surface area contributed by atoms with Gasteiger partial charge in [-0.05, 0) is 43.4 Å². The molecule has 0 aliphatic rings. The van der Waals surface area contributed by atoms with Gasteiger partial charge in [-0.1, -0.05) is 331 Å². The van der Waals surface area contributed by atoms with Crippen LogP contribution >= 0.6 is 15.6 Å². The van der Waals surface area contributed by atoms with E-state index < -0.39 is 97.5 Å². The van der Waals surface area contributed by atoms with Gasteiger partial charge in [-0.25, -0.2) is 9.13 Å². The van der Waals surface area contributed by atoms with Gasteiger partial charge in [0.15, 0.2) is 12.2 Å². The van der Waals surface area contributed by atoms with E-state index in [0.717, 1.165) is 108 Å². The number of esters is 4. The highest BCUT2D eigenvalue weighted by atomic mass is 31.2. The van der Waals surface area contributed by atoms with Crippen molar-refractivity contribution in [2.24, 2.45) is 17.8 Å². The number of phosphoric acid groups is 2. The molecule has 17 nitrogen and oxygen atoms in total. The van der Waals surface area contributed by atoms with Crippen LogP contribution in [0.4, 0.5) is 0 Å². The first-order valence-electron chi connectivity index (χ1n) is 38.8. The predicted octanol–water partition coefficient (Wildman–Crippen LogP) is 21.8. The molecular weight excluding hydrogens is 1230 g/mol. The van der Waals surface area contributed by atoms with E-state index >= 15 is 0 Å². The van der Waals surface area contributed by atoms with Crippen molar-refractivity contribution in [3.63, 3.8) is 0 Å². The number of aliphatic hydroxyl groups is 1. The zero-order valence-electron chi connectivity index (χ0n) is 61.4. The summed E-state index contributed by atoms with van der Waals surface area (Å²) in [5, 5.41) is 10.6. The van der Waals surface area contributed by atoms with Crippen molar-refractivity contribution in [2.45, 2.75) is 401 Å². The van der Waals surface area contributed by atoms with Gasteiger partial charge in [0.1, 0.15) is 19.3 Å². The van der Waals surface area contributed by atoms with Gasteiger partial charge in [0.25, 0.3) is 0 Å². The van der Waals surface area contributed by atoms with E-state index in [1.54, 1.807) is 0 Å². The average Bonchev–Trinajstić information content (AvgIpc) is 2.66. The smallest absolute Gasteiger partial charge is 0.462 e. The molecule has 0 aromatic carbocycles. The molecule has 3 N–H and O–H groups in total. The number of aliphatic hydroxyl groups excluding tert-OH is 1. The van der Waals surface area contributed by atoms with Gasteiger partial charge in [0.2, 0.25) is 0 Å². The molecule has 19 heteroatoms. The molecule has 0 aliphatic heterocycles. The molecule has 94 heavy (non-hydrogen) atoms. The fourth-order valence-corrected chi connectivity index (χ4v) is 13.0. The normalized spacial score (nSPS) is 14.1. The lowest BCUT2D eigenvalue weighted by Gasteiger charge is -2.21. The Morgan fingerprint density at radius 1 is 0.287 bits per heavy atom. The lowest BCUT2D eigenvalue weighted by atomic mass is 10.0. The zero-order chi connectivity index (χ0) is 69.4. The molecular formula is C75H146O17P2. The van der Waals surface area contributed by atoms with E-state index in [-0.39, 0.29) is 25.7 Å². The lowest BCUT2D eigenvalue weighted by Crippen LogP contribution is -2.30. The predicted molar refractivity (Wildman–Crippen MR) is 381 cm³/mol. The van der Waals surface area contributed by atoms with Crippen LogP contribution in [0, 0.1) is 17.8 Å². The summed E-state index contributed by atoms with van der Waals surface area (Å²) in [7, 11) is -9.91. The van der Waals surface area contributed by atoms with Crippen LogP contribution in [0.5, 0.6) is 0 Å². The lowest BCUT2D eigenvalue weighted by molar-refractivity contribution is -0.161. The number of unbranched alkanes of at least 4 members (excludes halogenated alkanes) is 41. The summed E-state index contributed by atoms with van der Waals surface area (Å²) in [5.41, 5.74) is 0. The first kappa shape index (κ1) is 92.1. The second-order valence-corrected chi connectivity index (χ2v) is 31.4. The molecule has 0 aromatic heterocycles. The minimum absolute atomic E-state index is 0.104. The molecule has 0 heterocycles. The summed E-state index contributed by atoms with van der Waals surface area (Å²) in [6.45, 7) is 11.8. The Morgan fingerprint density at radius 3 is 0.723 bits per heavy atom. The molecule has 0 radical (unpaired) electrons. The molecule has 0 amide bonds. The monoisotopic (exact) mass is 1380 g/mol. The van der Waals surface area contributed by atoms with E-state index in [2.05, 4.69) is 48.5 Å². The van der Waals surface area contributed by atoms with Gasteiger partial charge in [0, 0.05) is 25.7 Å². The van der Waals surface area contributed by atoms with E-state index in [0.29, 0.717) is 31.6 Å². The summed E-state index contributed by atoms with van der Waals surface area (Å²) in [5.74, 6) is 0.0858. The summed E-state index contributed by atoms with van der Waals surface area (Å²) >= 11 is 0. The van der Waals surface area contributed by atoms with Gasteiger partial charge in [-0.15, -0.1) is 0 Å². The fraction of sp³-hybridized carbons (Fsp3) is 0.947. The summed E-state index contributed by atoms with van der Waals surface area (Å²) in [6.07, 6.45) is 51.5. The van der Waals surface area contributed by atoms with Crippen LogP contribution in [-0.2, 0) is 65.4 Å². The van der Waals surface area contributed by atoms with Gasteiger partial charge >= 0.3 is 39.5 Å². The van der Waals surface area contributed by atoms with Gasteiger partial charge in [-0.3, -0.25) is 37.3 Å². The van der Waals surface area contributed by atoms with Crippen molar-refractivity contribution in [1.82, 2.24) is 0 Å². The number of hydrogen-bond donors (Lipinski definition) is 3. The first-order valence-corrected chi connectivity index (χ1v) is 41.8. The van der Waals surface area contributed by atoms with Gasteiger partial charge in [-0.2, -0.15) is 0 Å². The molecule has 0 saturated heterocycles. The van der Waals surface area contributed by atoms with Crippen LogP contribution in [-0.4, -0.2) is 96.7 Å². The third kappa shape index (κ3) is 68.6. The Bertz CT molecular complexity index is 1840. The average molecular weight is 1380 g/mol. The van der Waals surface area contributed by atoms with Crippen LogP contribution in [0.2, 0.25) is 0 Å². The molecule has 558 valence electrons. The topological polar surface area (TPSA) is 237 Å².